The van der Waals surface area contributed by atoms with Crippen LogP contribution in [-0.4, -0.2) is 12.6 Å². The van der Waals surface area contributed by atoms with Crippen LogP contribution in [0.1, 0.15) is 23.1 Å². The van der Waals surface area contributed by atoms with E-state index in [2.05, 4.69) is 33.1 Å². The minimum absolute atomic E-state index is 0.273. The maximum absolute atomic E-state index is 11.6. The maximum Gasteiger partial charge on any atom is 0.407 e. The fourth-order valence-electron chi connectivity index (χ4n) is 1.90. The van der Waals surface area contributed by atoms with Gasteiger partial charge in [-0.2, -0.15) is 0 Å². The molecule has 0 radical (unpaired) electrons. The van der Waals surface area contributed by atoms with E-state index in [1.54, 1.807) is 0 Å². The smallest absolute Gasteiger partial charge is 0.407 e. The van der Waals surface area contributed by atoms with Crippen molar-refractivity contribution in [3.05, 3.63) is 69.7 Å². The Morgan fingerprint density at radius 3 is 2.74 bits per heavy atom. The van der Waals surface area contributed by atoms with Crippen molar-refractivity contribution in [2.45, 2.75) is 20.0 Å². The van der Waals surface area contributed by atoms with Crippen molar-refractivity contribution < 1.29 is 9.53 Å². The number of carbonyl (C=O) groups excluding carboxylic acids is 1. The number of ether oxygens (including phenoxy) is 1. The number of rotatable bonds is 4. The molecule has 118 valence electrons. The highest BCUT2D eigenvalue weighted by Crippen LogP contribution is 2.18. The molecule has 0 aliphatic carbocycles. The van der Waals surface area contributed by atoms with Crippen LogP contribution in [0.25, 0.3) is 0 Å². The van der Waals surface area contributed by atoms with Gasteiger partial charge in [0.2, 0.25) is 0 Å². The van der Waals surface area contributed by atoms with Gasteiger partial charge in [0.05, 0.1) is 0 Å². The van der Waals surface area contributed by atoms with Crippen LogP contribution >= 0.6 is 15.9 Å². The second-order valence-electron chi connectivity index (χ2n) is 4.95. The predicted molar refractivity (Wildman–Crippen MR) is 95.0 cm³/mol. The number of carbonyl (C=O) groups is 1. The molecule has 1 amide bonds. The van der Waals surface area contributed by atoms with Gasteiger partial charge in [-0.15, -0.1) is 0 Å². The van der Waals surface area contributed by atoms with Crippen LogP contribution in [0.2, 0.25) is 0 Å². The summed E-state index contributed by atoms with van der Waals surface area (Å²) in [4.78, 5) is 11.6. The number of nitrogens with one attached hydrogen (secondary N) is 1. The lowest BCUT2D eigenvalue weighted by molar-refractivity contribution is 0.140. The molecule has 0 heterocycles. The average molecular weight is 372 g/mol. The zero-order chi connectivity index (χ0) is 16.5. The molecule has 23 heavy (non-hydrogen) atoms. The summed E-state index contributed by atoms with van der Waals surface area (Å²) >= 11 is 3.48. The Morgan fingerprint density at radius 2 is 1.96 bits per heavy atom. The first-order chi connectivity index (χ1) is 11.2. The lowest BCUT2D eigenvalue weighted by atomic mass is 10.1. The van der Waals surface area contributed by atoms with Crippen LogP contribution in [0, 0.1) is 18.8 Å². The molecule has 0 aliphatic rings. The lowest BCUT2D eigenvalue weighted by Crippen LogP contribution is -2.24. The van der Waals surface area contributed by atoms with Gasteiger partial charge in [-0.25, -0.2) is 4.79 Å². The first-order valence-corrected chi connectivity index (χ1v) is 8.14. The summed E-state index contributed by atoms with van der Waals surface area (Å²) in [7, 11) is 0. The van der Waals surface area contributed by atoms with E-state index in [1.165, 1.54) is 0 Å². The Balaban J connectivity index is 1.70. The highest BCUT2D eigenvalue weighted by atomic mass is 79.9. The molecule has 0 aromatic heterocycles. The largest absolute Gasteiger partial charge is 0.445 e. The van der Waals surface area contributed by atoms with Gasteiger partial charge < -0.3 is 10.1 Å². The minimum Gasteiger partial charge on any atom is -0.445 e. The zero-order valence-electron chi connectivity index (χ0n) is 12.9. The number of amides is 1. The van der Waals surface area contributed by atoms with Gasteiger partial charge in [0.25, 0.3) is 0 Å². The van der Waals surface area contributed by atoms with Gasteiger partial charge in [0.1, 0.15) is 6.61 Å². The molecule has 1 N–H and O–H groups in total. The normalized spacial score (nSPS) is 9.65. The van der Waals surface area contributed by atoms with Crippen LogP contribution in [0.5, 0.6) is 0 Å². The first kappa shape index (κ1) is 17.1. The van der Waals surface area contributed by atoms with Crippen molar-refractivity contribution in [3.63, 3.8) is 0 Å². The minimum atomic E-state index is -0.422. The van der Waals surface area contributed by atoms with Crippen molar-refractivity contribution in [2.75, 3.05) is 6.54 Å². The maximum atomic E-state index is 11.6. The molecule has 3 nitrogen and oxygen atoms in total. The van der Waals surface area contributed by atoms with Gasteiger partial charge in [-0.05, 0) is 30.2 Å². The summed E-state index contributed by atoms with van der Waals surface area (Å²) in [6.45, 7) is 2.76. The molecule has 2 rings (SSSR count). The Labute approximate surface area is 145 Å². The molecule has 0 bridgehead atoms. The number of hydrogen-bond acceptors (Lipinski definition) is 2. The summed E-state index contributed by atoms with van der Waals surface area (Å²) in [5, 5.41) is 2.69. The van der Waals surface area contributed by atoms with Gasteiger partial charge >= 0.3 is 6.09 Å². The third kappa shape index (κ3) is 5.80. The highest BCUT2D eigenvalue weighted by Gasteiger charge is 2.01. The van der Waals surface area contributed by atoms with Crippen molar-refractivity contribution in [1.82, 2.24) is 5.32 Å². The van der Waals surface area contributed by atoms with Gasteiger partial charge in [-0.3, -0.25) is 0 Å². The van der Waals surface area contributed by atoms with E-state index in [9.17, 15) is 4.79 Å². The molecule has 0 atom stereocenters. The Bertz CT molecular complexity index is 717. The highest BCUT2D eigenvalue weighted by molar-refractivity contribution is 9.10. The molecular formula is C19H18BrNO2. The summed E-state index contributed by atoms with van der Waals surface area (Å²) in [5.41, 5.74) is 3.08. The molecule has 0 saturated carbocycles. The van der Waals surface area contributed by atoms with E-state index in [1.807, 2.05) is 55.5 Å². The Hall–Kier alpha value is -2.25. The van der Waals surface area contributed by atoms with Crippen molar-refractivity contribution in [2.24, 2.45) is 0 Å². The predicted octanol–water partition coefficient (Wildman–Crippen LogP) is 4.43. The van der Waals surface area contributed by atoms with Crippen molar-refractivity contribution in [1.29, 1.82) is 0 Å². The van der Waals surface area contributed by atoms with Crippen LogP contribution in [0.4, 0.5) is 4.79 Å². The van der Waals surface area contributed by atoms with E-state index < -0.39 is 6.09 Å². The fourth-order valence-corrected chi connectivity index (χ4v) is 2.27. The van der Waals surface area contributed by atoms with Gasteiger partial charge in [0, 0.05) is 23.0 Å². The molecule has 2 aromatic carbocycles. The summed E-state index contributed by atoms with van der Waals surface area (Å²) in [6.07, 6.45) is 0.154. The van der Waals surface area contributed by atoms with E-state index >= 15 is 0 Å². The lowest BCUT2D eigenvalue weighted by Gasteiger charge is -2.05. The second kappa shape index (κ2) is 9.02. The molecule has 0 saturated heterocycles. The van der Waals surface area contributed by atoms with Gasteiger partial charge in [-0.1, -0.05) is 64.2 Å². The third-order valence-corrected chi connectivity index (χ3v) is 4.08. The van der Waals surface area contributed by atoms with Crippen molar-refractivity contribution in [3.8, 4) is 11.8 Å². The zero-order valence-corrected chi connectivity index (χ0v) is 14.5. The monoisotopic (exact) mass is 371 g/mol. The van der Waals surface area contributed by atoms with Crippen LogP contribution in [-0.2, 0) is 11.3 Å². The number of alkyl carbamates (subject to hydrolysis) is 1. The topological polar surface area (TPSA) is 38.3 Å². The van der Waals surface area contributed by atoms with E-state index in [0.717, 1.165) is 21.2 Å². The quantitative estimate of drug-likeness (QED) is 0.637. The molecular weight excluding hydrogens is 354 g/mol. The molecule has 0 spiro atoms. The van der Waals surface area contributed by atoms with Gasteiger partial charge in [0.15, 0.2) is 0 Å². The second-order valence-corrected chi connectivity index (χ2v) is 5.81. The standard InChI is InChI=1S/C19H18BrNO2/c1-15-17(11-7-12-18(15)20)10-5-6-13-21-19(22)23-14-16-8-3-2-4-9-16/h2-4,7-9,11-12H,6,13-14H2,1H3,(H,21,22). The fraction of sp³-hybridized carbons (Fsp3) is 0.211. The summed E-state index contributed by atoms with van der Waals surface area (Å²) in [6, 6.07) is 15.5. The average Bonchev–Trinajstić information content (AvgIpc) is 2.57. The van der Waals surface area contributed by atoms with E-state index in [0.29, 0.717) is 13.0 Å². The SMILES string of the molecule is Cc1c(Br)cccc1C#CCCNC(=O)OCc1ccccc1. The summed E-state index contributed by atoms with van der Waals surface area (Å²) in [5.74, 6) is 6.17. The molecule has 0 fully saturated rings. The third-order valence-electron chi connectivity index (χ3n) is 3.22. The molecule has 0 aliphatic heterocycles. The number of hydrogen-bond donors (Lipinski definition) is 1. The Morgan fingerprint density at radius 1 is 1.17 bits per heavy atom. The van der Waals surface area contributed by atoms with E-state index in [4.69, 9.17) is 4.74 Å². The van der Waals surface area contributed by atoms with Crippen LogP contribution < -0.4 is 5.32 Å². The van der Waals surface area contributed by atoms with Crippen LogP contribution in [0.3, 0.4) is 0 Å². The Kier molecular flexibility index (Phi) is 6.71. The van der Waals surface area contributed by atoms with E-state index in [-0.39, 0.29) is 6.61 Å². The molecule has 0 unspecified atom stereocenters. The van der Waals surface area contributed by atoms with Crippen molar-refractivity contribution >= 4 is 22.0 Å². The first-order valence-electron chi connectivity index (χ1n) is 7.35. The number of benzene rings is 2. The summed E-state index contributed by atoms with van der Waals surface area (Å²) < 4.78 is 6.17. The molecule has 2 aromatic rings. The number of halogens is 1. The van der Waals surface area contributed by atoms with Crippen LogP contribution in [0.15, 0.2) is 53.0 Å². The molecule has 4 heteroatoms.